The third-order valence-electron chi connectivity index (χ3n) is 12.0. The van der Waals surface area contributed by atoms with E-state index in [0.717, 1.165) is 103 Å². The van der Waals surface area contributed by atoms with Gasteiger partial charge in [-0.3, -0.25) is 14.4 Å². The molecule has 402 valence electrons. The molecule has 0 aromatic carbocycles. The summed E-state index contributed by atoms with van der Waals surface area (Å²) in [6, 6.07) is 0. The van der Waals surface area contributed by atoms with Gasteiger partial charge in [0.15, 0.2) is 6.10 Å². The third kappa shape index (κ3) is 56.6. The van der Waals surface area contributed by atoms with Crippen molar-refractivity contribution in [3.63, 3.8) is 0 Å². The van der Waals surface area contributed by atoms with E-state index in [9.17, 15) is 14.4 Å². The van der Waals surface area contributed by atoms with Crippen LogP contribution in [0.3, 0.4) is 0 Å². The molecule has 0 rings (SSSR count). The zero-order valence-electron chi connectivity index (χ0n) is 45.9. The largest absolute Gasteiger partial charge is 0.462 e. The second kappa shape index (κ2) is 58.4. The fourth-order valence-electron chi connectivity index (χ4n) is 7.61. The summed E-state index contributed by atoms with van der Waals surface area (Å²) >= 11 is 0. The lowest BCUT2D eigenvalue weighted by Crippen LogP contribution is -2.30. The van der Waals surface area contributed by atoms with Crippen LogP contribution in [0.5, 0.6) is 0 Å². The molecule has 0 fully saturated rings. The van der Waals surface area contributed by atoms with E-state index in [-0.39, 0.29) is 37.5 Å². The average molecular weight is 984 g/mol. The maximum atomic E-state index is 12.8. The number of ether oxygens (including phenoxy) is 3. The topological polar surface area (TPSA) is 78.9 Å². The Morgan fingerprint density at radius 2 is 0.563 bits per heavy atom. The highest BCUT2D eigenvalue weighted by atomic mass is 16.6. The van der Waals surface area contributed by atoms with Crippen molar-refractivity contribution in [2.24, 2.45) is 0 Å². The predicted octanol–water partition coefficient (Wildman–Crippen LogP) is 19.6. The van der Waals surface area contributed by atoms with Gasteiger partial charge in [-0.05, 0) is 109 Å². The average Bonchev–Trinajstić information content (AvgIpc) is 3.37. The first-order valence-corrected chi connectivity index (χ1v) is 29.0. The first-order valence-electron chi connectivity index (χ1n) is 29.0. The van der Waals surface area contributed by atoms with Crippen LogP contribution in [0.15, 0.2) is 122 Å². The number of unbranched alkanes of at least 4 members (excludes halogenated alkanes) is 20. The Morgan fingerprint density at radius 3 is 0.930 bits per heavy atom. The number of esters is 3. The van der Waals surface area contributed by atoms with Gasteiger partial charge in [0.25, 0.3) is 0 Å². The van der Waals surface area contributed by atoms with E-state index in [0.29, 0.717) is 19.3 Å². The second-order valence-electron chi connectivity index (χ2n) is 18.8. The molecule has 6 heteroatoms. The van der Waals surface area contributed by atoms with Crippen molar-refractivity contribution in [2.75, 3.05) is 13.2 Å². The lowest BCUT2D eigenvalue weighted by atomic mass is 10.1. The van der Waals surface area contributed by atoms with Crippen LogP contribution in [0.4, 0.5) is 0 Å². The Kier molecular flexibility index (Phi) is 54.9. The summed E-state index contributed by atoms with van der Waals surface area (Å²) in [5, 5.41) is 0. The maximum Gasteiger partial charge on any atom is 0.306 e. The molecular formula is C65H106O6. The number of rotatable bonds is 51. The molecule has 1 atom stereocenters. The van der Waals surface area contributed by atoms with Gasteiger partial charge in [-0.2, -0.15) is 0 Å². The summed E-state index contributed by atoms with van der Waals surface area (Å²) in [6.45, 7) is 6.42. The molecule has 0 N–H and O–H groups in total. The molecule has 0 bridgehead atoms. The zero-order valence-corrected chi connectivity index (χ0v) is 45.9. The number of carbonyl (C=O) groups is 3. The summed E-state index contributed by atoms with van der Waals surface area (Å²) in [7, 11) is 0. The SMILES string of the molecule is CC/C=C\C/C=C\C/C=C\C/C=C\C/C=C\C/C=C\C/C=C\C/C=C\C/C=C\CCCC(=O)OCC(COC(=O)CCCCCCCCC)OC(=O)CCCCCCCCC/C=C\CCCCCCCC. The van der Waals surface area contributed by atoms with E-state index in [1.807, 2.05) is 0 Å². The van der Waals surface area contributed by atoms with Crippen molar-refractivity contribution < 1.29 is 28.6 Å². The van der Waals surface area contributed by atoms with E-state index >= 15 is 0 Å². The zero-order chi connectivity index (χ0) is 51.4. The summed E-state index contributed by atoms with van der Waals surface area (Å²) in [5.74, 6) is -0.975. The van der Waals surface area contributed by atoms with Crippen molar-refractivity contribution in [3.05, 3.63) is 122 Å². The summed E-state index contributed by atoms with van der Waals surface area (Å²) < 4.78 is 16.7. The minimum absolute atomic E-state index is 0.0991. The van der Waals surface area contributed by atoms with Crippen molar-refractivity contribution >= 4 is 17.9 Å². The highest BCUT2D eigenvalue weighted by Gasteiger charge is 2.19. The maximum absolute atomic E-state index is 12.8. The van der Waals surface area contributed by atoms with Gasteiger partial charge in [0.05, 0.1) is 0 Å². The second-order valence-corrected chi connectivity index (χ2v) is 18.8. The minimum Gasteiger partial charge on any atom is -0.462 e. The first kappa shape index (κ1) is 66.8. The van der Waals surface area contributed by atoms with Gasteiger partial charge in [-0.1, -0.05) is 245 Å². The molecule has 0 aromatic heterocycles. The monoisotopic (exact) mass is 983 g/mol. The van der Waals surface area contributed by atoms with Gasteiger partial charge in [0.1, 0.15) is 13.2 Å². The van der Waals surface area contributed by atoms with Crippen LogP contribution in [0.1, 0.15) is 252 Å². The van der Waals surface area contributed by atoms with Crippen LogP contribution in [-0.2, 0) is 28.6 Å². The molecule has 0 aromatic rings. The van der Waals surface area contributed by atoms with Gasteiger partial charge < -0.3 is 14.2 Å². The molecule has 0 radical (unpaired) electrons. The lowest BCUT2D eigenvalue weighted by Gasteiger charge is -2.18. The minimum atomic E-state index is -0.803. The standard InChI is InChI=1S/C65H106O6/c1-4-7-10-13-16-18-20-22-24-26-27-28-29-30-31-32-33-34-35-36-37-39-40-42-44-46-49-52-55-58-64(67)70-61-62(60-69-63(66)57-54-51-48-15-12-9-6-3)71-65(68)59-56-53-50-47-45-43-41-38-25-23-21-19-17-14-11-8-5-2/h7,10,16,18,22-25,27-28,30-31,33-34,36-37,40,42,46,49,62H,4-6,8-9,11-15,17,19-21,26,29,32,35,38-39,41,43-45,47-48,50-61H2,1-3H3/b10-7-,18-16-,24-22-,25-23-,28-27-,31-30-,34-33-,37-36-,42-40-,49-46-. The molecule has 1 unspecified atom stereocenters. The van der Waals surface area contributed by atoms with Gasteiger partial charge in [-0.15, -0.1) is 0 Å². The molecule has 6 nitrogen and oxygen atoms in total. The Hall–Kier alpha value is -4.19. The third-order valence-corrected chi connectivity index (χ3v) is 12.0. The summed E-state index contributed by atoms with van der Waals surface area (Å²) in [5.41, 5.74) is 0. The fourth-order valence-corrected chi connectivity index (χ4v) is 7.61. The molecule has 0 spiro atoms. The predicted molar refractivity (Wildman–Crippen MR) is 306 cm³/mol. The molecule has 0 saturated carbocycles. The molecule has 0 aliphatic rings. The summed E-state index contributed by atoms with van der Waals surface area (Å²) in [6.07, 6.45) is 80.8. The van der Waals surface area contributed by atoms with E-state index < -0.39 is 6.10 Å². The van der Waals surface area contributed by atoms with Crippen molar-refractivity contribution in [1.82, 2.24) is 0 Å². The number of hydrogen-bond donors (Lipinski definition) is 0. The van der Waals surface area contributed by atoms with Crippen molar-refractivity contribution in [3.8, 4) is 0 Å². The van der Waals surface area contributed by atoms with Crippen LogP contribution in [0, 0.1) is 0 Å². The van der Waals surface area contributed by atoms with Crippen LogP contribution in [0.2, 0.25) is 0 Å². The van der Waals surface area contributed by atoms with Gasteiger partial charge >= 0.3 is 17.9 Å². The Morgan fingerprint density at radius 1 is 0.296 bits per heavy atom. The van der Waals surface area contributed by atoms with E-state index in [4.69, 9.17) is 14.2 Å². The van der Waals surface area contributed by atoms with Crippen LogP contribution in [0.25, 0.3) is 0 Å². The van der Waals surface area contributed by atoms with Crippen LogP contribution in [-0.4, -0.2) is 37.2 Å². The Bertz CT molecular complexity index is 1500. The van der Waals surface area contributed by atoms with Crippen LogP contribution >= 0.6 is 0 Å². The smallest absolute Gasteiger partial charge is 0.306 e. The lowest BCUT2D eigenvalue weighted by molar-refractivity contribution is -0.167. The summed E-state index contributed by atoms with van der Waals surface area (Å²) in [4.78, 5) is 37.9. The van der Waals surface area contributed by atoms with Gasteiger partial charge in [-0.25, -0.2) is 0 Å². The van der Waals surface area contributed by atoms with Gasteiger partial charge in [0, 0.05) is 19.3 Å². The Labute approximate surface area is 437 Å². The van der Waals surface area contributed by atoms with Crippen molar-refractivity contribution in [2.45, 2.75) is 258 Å². The molecule has 0 aliphatic heterocycles. The van der Waals surface area contributed by atoms with Crippen molar-refractivity contribution in [1.29, 1.82) is 0 Å². The molecule has 0 amide bonds. The molecule has 71 heavy (non-hydrogen) atoms. The quantitative estimate of drug-likeness (QED) is 0.0261. The Balaban J connectivity index is 4.31. The molecule has 0 heterocycles. The molecule has 0 aliphatic carbocycles. The van der Waals surface area contributed by atoms with Gasteiger partial charge in [0.2, 0.25) is 0 Å². The number of allylic oxidation sites excluding steroid dienone is 20. The fraction of sp³-hybridized carbons (Fsp3) is 0.646. The first-order chi connectivity index (χ1) is 35.0. The molecule has 0 saturated heterocycles. The highest BCUT2D eigenvalue weighted by molar-refractivity contribution is 5.71. The molecular weight excluding hydrogens is 877 g/mol. The highest BCUT2D eigenvalue weighted by Crippen LogP contribution is 2.14. The van der Waals surface area contributed by atoms with E-state index in [1.54, 1.807) is 0 Å². The number of carbonyl (C=O) groups excluding carboxylic acids is 3. The van der Waals surface area contributed by atoms with E-state index in [1.165, 1.54) is 103 Å². The van der Waals surface area contributed by atoms with E-state index in [2.05, 4.69) is 142 Å². The van der Waals surface area contributed by atoms with Crippen LogP contribution < -0.4 is 0 Å². The number of hydrogen-bond acceptors (Lipinski definition) is 6. The normalized spacial score (nSPS) is 13.0.